The molecule has 3 N–H and O–H groups in total. The molecule has 1 aromatic rings. The first-order valence-electron chi connectivity index (χ1n) is 4.78. The standard InChI is InChI=1S/C12H14N2/c1-2-4-9-6-7-10-5-3-8-14-12(10)11(9)13/h2-7,14H,8,13H2,1H3/b4-2-. The molecule has 1 aliphatic rings. The SMILES string of the molecule is C/C=C\c1ccc2c(c1N)NCC=C2. The van der Waals surface area contributed by atoms with Gasteiger partial charge < -0.3 is 11.1 Å². The highest BCUT2D eigenvalue weighted by Crippen LogP contribution is 2.31. The third kappa shape index (κ3) is 1.39. The number of rotatable bonds is 1. The van der Waals surface area contributed by atoms with Crippen LogP contribution in [0.5, 0.6) is 0 Å². The van der Waals surface area contributed by atoms with Crippen LogP contribution in [0.1, 0.15) is 18.1 Å². The van der Waals surface area contributed by atoms with Gasteiger partial charge in [-0.3, -0.25) is 0 Å². The van der Waals surface area contributed by atoms with Crippen molar-refractivity contribution in [3.63, 3.8) is 0 Å². The van der Waals surface area contributed by atoms with Crippen LogP contribution in [-0.4, -0.2) is 6.54 Å². The zero-order valence-electron chi connectivity index (χ0n) is 8.25. The van der Waals surface area contributed by atoms with Crippen molar-refractivity contribution in [2.45, 2.75) is 6.92 Å². The lowest BCUT2D eigenvalue weighted by molar-refractivity contribution is 1.31. The molecule has 0 atom stereocenters. The van der Waals surface area contributed by atoms with E-state index in [2.05, 4.69) is 23.5 Å². The minimum absolute atomic E-state index is 0.838. The van der Waals surface area contributed by atoms with E-state index in [0.717, 1.165) is 23.5 Å². The average Bonchev–Trinajstić information content (AvgIpc) is 2.23. The predicted molar refractivity (Wildman–Crippen MR) is 63.1 cm³/mol. The van der Waals surface area contributed by atoms with Gasteiger partial charge in [0, 0.05) is 6.54 Å². The highest BCUT2D eigenvalue weighted by Gasteiger charge is 2.08. The predicted octanol–water partition coefficient (Wildman–Crippen LogP) is 2.74. The summed E-state index contributed by atoms with van der Waals surface area (Å²) in [5, 5.41) is 3.28. The summed E-state index contributed by atoms with van der Waals surface area (Å²) in [5.41, 5.74) is 10.2. The third-order valence-electron chi connectivity index (χ3n) is 2.35. The molecular formula is C12H14N2. The number of nitrogen functional groups attached to an aromatic ring is 1. The summed E-state index contributed by atoms with van der Waals surface area (Å²) < 4.78 is 0. The lowest BCUT2D eigenvalue weighted by Crippen LogP contribution is -2.08. The molecule has 1 heterocycles. The van der Waals surface area contributed by atoms with Crippen LogP contribution in [0.2, 0.25) is 0 Å². The molecule has 14 heavy (non-hydrogen) atoms. The van der Waals surface area contributed by atoms with Crippen LogP contribution in [-0.2, 0) is 0 Å². The summed E-state index contributed by atoms with van der Waals surface area (Å²) in [5.74, 6) is 0. The van der Waals surface area contributed by atoms with Crippen LogP contribution in [0.4, 0.5) is 11.4 Å². The van der Waals surface area contributed by atoms with Gasteiger partial charge in [-0.1, -0.05) is 36.4 Å². The lowest BCUT2D eigenvalue weighted by Gasteiger charge is -2.16. The number of nitrogens with two attached hydrogens (primary N) is 1. The maximum absolute atomic E-state index is 6.04. The van der Waals surface area contributed by atoms with E-state index >= 15 is 0 Å². The van der Waals surface area contributed by atoms with Gasteiger partial charge in [0.15, 0.2) is 0 Å². The highest BCUT2D eigenvalue weighted by molar-refractivity contribution is 5.86. The lowest BCUT2D eigenvalue weighted by atomic mass is 10.0. The summed E-state index contributed by atoms with van der Waals surface area (Å²) in [4.78, 5) is 0. The molecule has 0 radical (unpaired) electrons. The number of hydrogen-bond acceptors (Lipinski definition) is 2. The monoisotopic (exact) mass is 186 g/mol. The average molecular weight is 186 g/mol. The van der Waals surface area contributed by atoms with E-state index in [0.29, 0.717) is 0 Å². The van der Waals surface area contributed by atoms with Crippen molar-refractivity contribution >= 4 is 23.5 Å². The van der Waals surface area contributed by atoms with Gasteiger partial charge >= 0.3 is 0 Å². The molecule has 1 aliphatic heterocycles. The molecule has 0 spiro atoms. The molecule has 0 unspecified atom stereocenters. The fourth-order valence-electron chi connectivity index (χ4n) is 1.66. The second-order valence-electron chi connectivity index (χ2n) is 3.32. The van der Waals surface area contributed by atoms with E-state index in [-0.39, 0.29) is 0 Å². The van der Waals surface area contributed by atoms with Crippen LogP contribution in [0.15, 0.2) is 24.3 Å². The summed E-state index contributed by atoms with van der Waals surface area (Å²) >= 11 is 0. The normalized spacial score (nSPS) is 14.1. The Morgan fingerprint density at radius 3 is 3.07 bits per heavy atom. The zero-order valence-corrected chi connectivity index (χ0v) is 8.25. The molecule has 72 valence electrons. The molecule has 0 saturated carbocycles. The van der Waals surface area contributed by atoms with Crippen LogP contribution in [0.3, 0.4) is 0 Å². The molecule has 1 aromatic carbocycles. The number of fused-ring (bicyclic) bond motifs is 1. The minimum Gasteiger partial charge on any atom is -0.397 e. The number of benzene rings is 1. The Bertz CT molecular complexity index is 403. The van der Waals surface area contributed by atoms with Crippen molar-refractivity contribution in [2.75, 3.05) is 17.6 Å². The molecule has 0 aliphatic carbocycles. The number of allylic oxidation sites excluding steroid dienone is 1. The first-order valence-corrected chi connectivity index (χ1v) is 4.78. The Balaban J connectivity index is 2.55. The summed E-state index contributed by atoms with van der Waals surface area (Å²) in [6.45, 7) is 2.85. The number of hydrogen-bond donors (Lipinski definition) is 2. The van der Waals surface area contributed by atoms with E-state index in [9.17, 15) is 0 Å². The van der Waals surface area contributed by atoms with E-state index in [4.69, 9.17) is 5.73 Å². The molecule has 0 fully saturated rings. The quantitative estimate of drug-likeness (QED) is 0.662. The molecule has 2 rings (SSSR count). The van der Waals surface area contributed by atoms with Crippen molar-refractivity contribution in [3.8, 4) is 0 Å². The van der Waals surface area contributed by atoms with Crippen LogP contribution < -0.4 is 11.1 Å². The van der Waals surface area contributed by atoms with Crippen LogP contribution >= 0.6 is 0 Å². The molecule has 0 amide bonds. The Morgan fingerprint density at radius 1 is 1.43 bits per heavy atom. The fraction of sp³-hybridized carbons (Fsp3) is 0.167. The molecule has 0 aromatic heterocycles. The van der Waals surface area contributed by atoms with Gasteiger partial charge in [-0.15, -0.1) is 0 Å². The molecule has 0 saturated heterocycles. The van der Waals surface area contributed by atoms with E-state index < -0.39 is 0 Å². The second kappa shape index (κ2) is 3.58. The molecule has 2 heteroatoms. The molecule has 2 nitrogen and oxygen atoms in total. The fourth-order valence-corrected chi connectivity index (χ4v) is 1.66. The summed E-state index contributed by atoms with van der Waals surface area (Å²) in [6.07, 6.45) is 8.21. The van der Waals surface area contributed by atoms with Gasteiger partial charge in [0.1, 0.15) is 0 Å². The maximum Gasteiger partial charge on any atom is 0.0656 e. The molecular weight excluding hydrogens is 172 g/mol. The smallest absolute Gasteiger partial charge is 0.0656 e. The Labute approximate surface area is 84.1 Å². The zero-order chi connectivity index (χ0) is 9.97. The van der Waals surface area contributed by atoms with Crippen molar-refractivity contribution in [3.05, 3.63) is 35.4 Å². The third-order valence-corrected chi connectivity index (χ3v) is 2.35. The van der Waals surface area contributed by atoms with E-state index in [1.54, 1.807) is 0 Å². The first kappa shape index (κ1) is 8.88. The van der Waals surface area contributed by atoms with Crippen molar-refractivity contribution in [1.82, 2.24) is 0 Å². The Kier molecular flexibility index (Phi) is 2.27. The van der Waals surface area contributed by atoms with Crippen molar-refractivity contribution < 1.29 is 0 Å². The Hall–Kier alpha value is -1.70. The first-order chi connectivity index (χ1) is 6.83. The highest BCUT2D eigenvalue weighted by atomic mass is 14.9. The van der Waals surface area contributed by atoms with Crippen LogP contribution in [0.25, 0.3) is 12.2 Å². The van der Waals surface area contributed by atoms with Gasteiger partial charge in [-0.25, -0.2) is 0 Å². The number of nitrogens with one attached hydrogen (secondary N) is 1. The van der Waals surface area contributed by atoms with Gasteiger partial charge in [-0.2, -0.15) is 0 Å². The summed E-state index contributed by atoms with van der Waals surface area (Å²) in [6, 6.07) is 4.13. The van der Waals surface area contributed by atoms with Crippen LogP contribution in [0, 0.1) is 0 Å². The van der Waals surface area contributed by atoms with Gasteiger partial charge in [0.05, 0.1) is 11.4 Å². The van der Waals surface area contributed by atoms with Gasteiger partial charge in [-0.05, 0) is 18.1 Å². The largest absolute Gasteiger partial charge is 0.397 e. The Morgan fingerprint density at radius 2 is 2.29 bits per heavy atom. The minimum atomic E-state index is 0.838. The van der Waals surface area contributed by atoms with E-state index in [1.165, 1.54) is 5.56 Å². The molecule has 0 bridgehead atoms. The second-order valence-corrected chi connectivity index (χ2v) is 3.32. The van der Waals surface area contributed by atoms with Gasteiger partial charge in [0.2, 0.25) is 0 Å². The maximum atomic E-state index is 6.04. The van der Waals surface area contributed by atoms with Crippen molar-refractivity contribution in [1.29, 1.82) is 0 Å². The summed E-state index contributed by atoms with van der Waals surface area (Å²) in [7, 11) is 0. The van der Waals surface area contributed by atoms with Gasteiger partial charge in [0.25, 0.3) is 0 Å². The number of anilines is 2. The topological polar surface area (TPSA) is 38.0 Å². The van der Waals surface area contributed by atoms with E-state index in [1.807, 2.05) is 25.1 Å². The van der Waals surface area contributed by atoms with Crippen molar-refractivity contribution in [2.24, 2.45) is 0 Å².